The molecule has 1 aromatic carbocycles. The molecule has 4 aromatic rings. The standard InChI is InChI=1S/C21H19F3N6O/c1-13-7-9-26-29(13)10-2-8-25-21(31)16-12-27-30-18(19(23)24)11-17(28-20(16)30)14-3-5-15(22)6-4-14/h3-7,9,11-12,19H,2,8,10H2,1H3,(H,25,31). The van der Waals surface area contributed by atoms with Gasteiger partial charge in [0.2, 0.25) is 0 Å². The highest BCUT2D eigenvalue weighted by Crippen LogP contribution is 2.27. The van der Waals surface area contributed by atoms with Crippen molar-refractivity contribution in [2.45, 2.75) is 26.3 Å². The molecular formula is C21H19F3N6O. The Balaban J connectivity index is 1.58. The van der Waals surface area contributed by atoms with Crippen LogP contribution in [0.4, 0.5) is 13.2 Å². The Labute approximate surface area is 175 Å². The number of nitrogens with zero attached hydrogens (tertiary/aromatic N) is 5. The summed E-state index contributed by atoms with van der Waals surface area (Å²) in [5.74, 6) is -0.912. The number of carbonyl (C=O) groups excluding carboxylic acids is 1. The molecular weight excluding hydrogens is 409 g/mol. The molecule has 0 fully saturated rings. The third-order valence-corrected chi connectivity index (χ3v) is 4.87. The first kappa shape index (κ1) is 20.6. The van der Waals surface area contributed by atoms with Crippen LogP contribution in [0, 0.1) is 12.7 Å². The van der Waals surface area contributed by atoms with Crippen LogP contribution in [0.25, 0.3) is 16.9 Å². The van der Waals surface area contributed by atoms with E-state index < -0.39 is 23.8 Å². The van der Waals surface area contributed by atoms with Crippen LogP contribution in [0.5, 0.6) is 0 Å². The van der Waals surface area contributed by atoms with E-state index >= 15 is 0 Å². The van der Waals surface area contributed by atoms with Gasteiger partial charge in [-0.1, -0.05) is 0 Å². The van der Waals surface area contributed by atoms with E-state index in [2.05, 4.69) is 20.5 Å². The molecule has 7 nitrogen and oxygen atoms in total. The number of carbonyl (C=O) groups is 1. The molecule has 10 heteroatoms. The molecule has 0 radical (unpaired) electrons. The molecule has 0 unspecified atom stereocenters. The number of amides is 1. The highest BCUT2D eigenvalue weighted by atomic mass is 19.3. The zero-order valence-corrected chi connectivity index (χ0v) is 16.6. The minimum Gasteiger partial charge on any atom is -0.352 e. The van der Waals surface area contributed by atoms with Crippen molar-refractivity contribution in [2.24, 2.45) is 0 Å². The van der Waals surface area contributed by atoms with Crippen LogP contribution in [0.15, 0.2) is 48.8 Å². The minimum atomic E-state index is -2.84. The maximum atomic E-state index is 13.6. The Morgan fingerprint density at radius 1 is 1.16 bits per heavy atom. The van der Waals surface area contributed by atoms with Crippen molar-refractivity contribution in [3.63, 3.8) is 0 Å². The third-order valence-electron chi connectivity index (χ3n) is 4.87. The van der Waals surface area contributed by atoms with Gasteiger partial charge in [0.15, 0.2) is 5.65 Å². The van der Waals surface area contributed by atoms with Gasteiger partial charge < -0.3 is 5.32 Å². The van der Waals surface area contributed by atoms with Crippen molar-refractivity contribution in [1.29, 1.82) is 0 Å². The smallest absolute Gasteiger partial charge is 0.280 e. The topological polar surface area (TPSA) is 77.1 Å². The Morgan fingerprint density at radius 2 is 1.94 bits per heavy atom. The Kier molecular flexibility index (Phi) is 5.70. The fraction of sp³-hybridized carbons (Fsp3) is 0.238. The maximum absolute atomic E-state index is 13.6. The van der Waals surface area contributed by atoms with E-state index in [1.165, 1.54) is 36.5 Å². The average molecular weight is 428 g/mol. The van der Waals surface area contributed by atoms with E-state index in [0.717, 1.165) is 10.2 Å². The summed E-state index contributed by atoms with van der Waals surface area (Å²) in [4.78, 5) is 17.0. The van der Waals surface area contributed by atoms with Gasteiger partial charge in [0.1, 0.15) is 17.1 Å². The molecule has 3 aromatic heterocycles. The number of alkyl halides is 2. The van der Waals surface area contributed by atoms with Crippen molar-refractivity contribution >= 4 is 11.6 Å². The number of benzene rings is 1. The number of aryl methyl sites for hydroxylation is 2. The quantitative estimate of drug-likeness (QED) is 0.455. The monoisotopic (exact) mass is 428 g/mol. The van der Waals surface area contributed by atoms with Gasteiger partial charge in [-0.3, -0.25) is 9.48 Å². The number of fused-ring (bicyclic) bond motifs is 1. The van der Waals surface area contributed by atoms with Crippen LogP contribution < -0.4 is 5.32 Å². The summed E-state index contributed by atoms with van der Waals surface area (Å²) in [6.45, 7) is 2.95. The van der Waals surface area contributed by atoms with Gasteiger partial charge >= 0.3 is 0 Å². The zero-order valence-electron chi connectivity index (χ0n) is 16.6. The molecule has 31 heavy (non-hydrogen) atoms. The number of rotatable bonds is 7. The second-order valence-corrected chi connectivity index (χ2v) is 6.97. The molecule has 0 bridgehead atoms. The second-order valence-electron chi connectivity index (χ2n) is 6.97. The van der Waals surface area contributed by atoms with Crippen LogP contribution in [-0.2, 0) is 6.54 Å². The molecule has 0 aliphatic carbocycles. The minimum absolute atomic E-state index is 0.0116. The number of aromatic nitrogens is 5. The predicted octanol–water partition coefficient (Wildman–Crippen LogP) is 3.80. The lowest BCUT2D eigenvalue weighted by Crippen LogP contribution is -2.25. The van der Waals surface area contributed by atoms with Gasteiger partial charge in [-0.05, 0) is 49.7 Å². The van der Waals surface area contributed by atoms with E-state index in [4.69, 9.17) is 0 Å². The van der Waals surface area contributed by atoms with Gasteiger partial charge in [0.05, 0.1) is 11.9 Å². The van der Waals surface area contributed by atoms with Gasteiger partial charge in [-0.2, -0.15) is 10.2 Å². The highest BCUT2D eigenvalue weighted by Gasteiger charge is 2.21. The molecule has 3 heterocycles. The first-order chi connectivity index (χ1) is 14.9. The van der Waals surface area contributed by atoms with Crippen molar-refractivity contribution in [3.8, 4) is 11.3 Å². The van der Waals surface area contributed by atoms with Crippen LogP contribution in [0.2, 0.25) is 0 Å². The van der Waals surface area contributed by atoms with Crippen LogP contribution in [-0.4, -0.2) is 36.8 Å². The molecule has 0 spiro atoms. The van der Waals surface area contributed by atoms with E-state index in [1.54, 1.807) is 6.20 Å². The predicted molar refractivity (Wildman–Crippen MR) is 107 cm³/mol. The van der Waals surface area contributed by atoms with Crippen molar-refractivity contribution in [3.05, 3.63) is 71.6 Å². The van der Waals surface area contributed by atoms with Gasteiger partial charge in [0.25, 0.3) is 12.3 Å². The lowest BCUT2D eigenvalue weighted by atomic mass is 10.1. The Hall–Kier alpha value is -3.69. The molecule has 160 valence electrons. The molecule has 1 N–H and O–H groups in total. The number of nitrogens with one attached hydrogen (secondary N) is 1. The molecule has 1 amide bonds. The highest BCUT2D eigenvalue weighted by molar-refractivity contribution is 5.99. The normalized spacial score (nSPS) is 11.4. The van der Waals surface area contributed by atoms with Crippen molar-refractivity contribution in [1.82, 2.24) is 29.7 Å². The van der Waals surface area contributed by atoms with E-state index in [0.29, 0.717) is 25.1 Å². The van der Waals surface area contributed by atoms with E-state index in [9.17, 15) is 18.0 Å². The number of halogens is 3. The fourth-order valence-corrected chi connectivity index (χ4v) is 3.23. The Morgan fingerprint density at radius 3 is 2.61 bits per heavy atom. The summed E-state index contributed by atoms with van der Waals surface area (Å²) in [6.07, 6.45) is 0.732. The maximum Gasteiger partial charge on any atom is 0.280 e. The summed E-state index contributed by atoms with van der Waals surface area (Å²) in [7, 11) is 0. The van der Waals surface area contributed by atoms with Gasteiger partial charge in [0, 0.05) is 30.5 Å². The lowest BCUT2D eigenvalue weighted by molar-refractivity contribution is 0.0953. The summed E-state index contributed by atoms with van der Waals surface area (Å²) in [6, 6.07) is 8.39. The zero-order chi connectivity index (χ0) is 22.0. The van der Waals surface area contributed by atoms with Crippen LogP contribution >= 0.6 is 0 Å². The summed E-state index contributed by atoms with van der Waals surface area (Å²) in [5.41, 5.74) is 1.36. The van der Waals surface area contributed by atoms with Crippen molar-refractivity contribution in [2.75, 3.05) is 6.54 Å². The van der Waals surface area contributed by atoms with Gasteiger partial charge in [-0.25, -0.2) is 22.7 Å². The largest absolute Gasteiger partial charge is 0.352 e. The van der Waals surface area contributed by atoms with E-state index in [-0.39, 0.29) is 16.9 Å². The number of hydrogen-bond acceptors (Lipinski definition) is 4. The lowest BCUT2D eigenvalue weighted by Gasteiger charge is -2.09. The summed E-state index contributed by atoms with van der Waals surface area (Å²) < 4.78 is 43.3. The first-order valence-corrected chi connectivity index (χ1v) is 9.63. The first-order valence-electron chi connectivity index (χ1n) is 9.63. The number of hydrogen-bond donors (Lipinski definition) is 1. The van der Waals surface area contributed by atoms with E-state index in [1.807, 2.05) is 17.7 Å². The van der Waals surface area contributed by atoms with Crippen molar-refractivity contribution < 1.29 is 18.0 Å². The molecule has 4 rings (SSSR count). The Bertz CT molecular complexity index is 1220. The van der Waals surface area contributed by atoms with Gasteiger partial charge in [-0.15, -0.1) is 0 Å². The molecule has 0 saturated heterocycles. The van der Waals surface area contributed by atoms with Crippen LogP contribution in [0.1, 0.15) is 34.6 Å². The molecule has 0 atom stereocenters. The fourth-order valence-electron chi connectivity index (χ4n) is 3.23. The summed E-state index contributed by atoms with van der Waals surface area (Å²) in [5, 5.41) is 10.9. The SMILES string of the molecule is Cc1ccnn1CCCNC(=O)c1cnn2c(C(F)F)cc(-c3ccc(F)cc3)nc12. The summed E-state index contributed by atoms with van der Waals surface area (Å²) >= 11 is 0. The van der Waals surface area contributed by atoms with Crippen LogP contribution in [0.3, 0.4) is 0 Å². The average Bonchev–Trinajstić information content (AvgIpc) is 3.36. The molecule has 0 aliphatic heterocycles. The molecule has 0 aliphatic rings. The second kappa shape index (κ2) is 8.58. The third kappa shape index (κ3) is 4.27. The molecule has 0 saturated carbocycles.